The average molecular weight is 379 g/mol. The first-order valence-corrected chi connectivity index (χ1v) is 8.96. The Morgan fingerprint density at radius 1 is 0.577 bits per heavy atom. The largest absolute Gasteiger partial charge is 0.453 e. The lowest BCUT2D eigenvalue weighted by molar-refractivity contribution is -0.323. The molecule has 3 aromatic carbocycles. The fraction of sp³-hybridized carbons (Fsp3) is 0.100. The highest BCUT2D eigenvalue weighted by Crippen LogP contribution is 2.41. The highest BCUT2D eigenvalue weighted by molar-refractivity contribution is 7.97. The quantitative estimate of drug-likeness (QED) is 0.472. The Morgan fingerprint density at radius 2 is 0.962 bits per heavy atom. The van der Waals surface area contributed by atoms with E-state index in [2.05, 4.69) is 0 Å². The monoisotopic (exact) mass is 379 g/mol. The summed E-state index contributed by atoms with van der Waals surface area (Å²) in [6, 6.07) is 23.9. The summed E-state index contributed by atoms with van der Waals surface area (Å²) in [6.45, 7) is 0. The zero-order valence-electron chi connectivity index (χ0n) is 13.5. The highest BCUT2D eigenvalue weighted by Gasteiger charge is 2.56. The summed E-state index contributed by atoms with van der Waals surface area (Å²) < 4.78 is 51.8. The number of alkyl halides is 4. The van der Waals surface area contributed by atoms with Gasteiger partial charge in [0.05, 0.1) is 10.9 Å². The van der Waals surface area contributed by atoms with Crippen LogP contribution in [0.25, 0.3) is 0 Å². The second-order valence-electron chi connectivity index (χ2n) is 5.58. The van der Waals surface area contributed by atoms with E-state index in [4.69, 9.17) is 0 Å². The smallest absolute Gasteiger partial charge is 0.351 e. The standard InChI is InChI=1S/C20H15F4OS/c21-19(25,20(22,23)24)15-11-13-18(14-12-15)26(16-7-3-1-4-8-16)17-9-5-2-6-10-17/h1-14,25H/q+1. The first-order chi connectivity index (χ1) is 12.3. The van der Waals surface area contributed by atoms with Gasteiger partial charge in [-0.1, -0.05) is 36.4 Å². The van der Waals surface area contributed by atoms with Crippen LogP contribution in [0.15, 0.2) is 99.6 Å². The molecule has 3 aromatic rings. The van der Waals surface area contributed by atoms with Crippen molar-refractivity contribution in [2.24, 2.45) is 0 Å². The minimum Gasteiger partial charge on any atom is -0.351 e. The van der Waals surface area contributed by atoms with Gasteiger partial charge in [0.25, 0.3) is 0 Å². The summed E-state index contributed by atoms with van der Waals surface area (Å²) >= 11 is 0. The van der Waals surface area contributed by atoms with E-state index < -0.39 is 28.5 Å². The molecule has 6 heteroatoms. The van der Waals surface area contributed by atoms with Crippen molar-refractivity contribution in [2.45, 2.75) is 26.7 Å². The van der Waals surface area contributed by atoms with Crippen molar-refractivity contribution in [1.29, 1.82) is 0 Å². The van der Waals surface area contributed by atoms with Crippen LogP contribution in [0.2, 0.25) is 0 Å². The summed E-state index contributed by atoms with van der Waals surface area (Å²) in [4.78, 5) is 2.69. The Labute approximate surface area is 151 Å². The van der Waals surface area contributed by atoms with Crippen LogP contribution in [-0.2, 0) is 16.7 Å². The van der Waals surface area contributed by atoms with Gasteiger partial charge in [-0.3, -0.25) is 0 Å². The van der Waals surface area contributed by atoms with Crippen LogP contribution in [-0.4, -0.2) is 11.3 Å². The lowest BCUT2D eigenvalue weighted by Gasteiger charge is -2.22. The first kappa shape index (κ1) is 18.5. The van der Waals surface area contributed by atoms with E-state index in [-0.39, 0.29) is 0 Å². The molecule has 0 amide bonds. The minimum atomic E-state index is -5.39. The molecule has 0 aliphatic rings. The maximum absolute atomic E-state index is 13.7. The molecular weight excluding hydrogens is 364 g/mol. The van der Waals surface area contributed by atoms with Crippen LogP contribution < -0.4 is 0 Å². The Morgan fingerprint density at radius 3 is 1.35 bits per heavy atom. The van der Waals surface area contributed by atoms with Gasteiger partial charge in [-0.15, -0.1) is 0 Å². The molecule has 1 nitrogen and oxygen atoms in total. The molecule has 0 aliphatic heterocycles. The molecule has 0 aliphatic carbocycles. The van der Waals surface area contributed by atoms with Crippen LogP contribution in [0.4, 0.5) is 17.6 Å². The number of hydrogen-bond donors (Lipinski definition) is 1. The van der Waals surface area contributed by atoms with E-state index >= 15 is 0 Å². The third-order valence-corrected chi connectivity index (χ3v) is 6.04. The molecular formula is C20H15F4OS+. The lowest BCUT2D eigenvalue weighted by atomic mass is 10.1. The number of benzene rings is 3. The molecule has 0 fully saturated rings. The van der Waals surface area contributed by atoms with Crippen LogP contribution in [0.5, 0.6) is 0 Å². The third kappa shape index (κ3) is 3.61. The van der Waals surface area contributed by atoms with Crippen molar-refractivity contribution >= 4 is 10.9 Å². The highest BCUT2D eigenvalue weighted by atomic mass is 32.2. The molecule has 0 heterocycles. The molecule has 0 saturated carbocycles. The second-order valence-corrected chi connectivity index (χ2v) is 7.60. The van der Waals surface area contributed by atoms with Gasteiger partial charge >= 0.3 is 12.0 Å². The molecule has 26 heavy (non-hydrogen) atoms. The van der Waals surface area contributed by atoms with E-state index in [1.807, 2.05) is 60.7 Å². The summed E-state index contributed by atoms with van der Waals surface area (Å²) in [5.41, 5.74) is -0.835. The lowest BCUT2D eigenvalue weighted by Crippen LogP contribution is -2.37. The van der Waals surface area contributed by atoms with Crippen LogP contribution in [0.3, 0.4) is 0 Å². The van der Waals surface area contributed by atoms with Crippen molar-refractivity contribution in [3.8, 4) is 0 Å². The van der Waals surface area contributed by atoms with Gasteiger partial charge in [0.15, 0.2) is 14.7 Å². The first-order valence-electron chi connectivity index (χ1n) is 7.73. The molecule has 3 rings (SSSR count). The number of rotatable bonds is 4. The topological polar surface area (TPSA) is 20.2 Å². The summed E-state index contributed by atoms with van der Waals surface area (Å²) in [6.07, 6.45) is -5.39. The van der Waals surface area contributed by atoms with E-state index in [1.54, 1.807) is 0 Å². The summed E-state index contributed by atoms with van der Waals surface area (Å²) in [5.74, 6) is -4.37. The van der Waals surface area contributed by atoms with Gasteiger partial charge in [-0.25, -0.2) is 0 Å². The fourth-order valence-electron chi connectivity index (χ4n) is 2.50. The normalized spacial score (nSPS) is 14.2. The maximum Gasteiger partial charge on any atom is 0.453 e. The van der Waals surface area contributed by atoms with Gasteiger partial charge in [0, 0.05) is 5.56 Å². The molecule has 134 valence electrons. The van der Waals surface area contributed by atoms with Gasteiger partial charge in [-0.2, -0.15) is 17.6 Å². The summed E-state index contributed by atoms with van der Waals surface area (Å²) in [7, 11) is -0.556. The Bertz CT molecular complexity index is 807. The molecule has 0 bridgehead atoms. The van der Waals surface area contributed by atoms with Crippen molar-refractivity contribution in [2.75, 3.05) is 0 Å². The van der Waals surface area contributed by atoms with Gasteiger partial charge in [-0.05, 0) is 48.5 Å². The van der Waals surface area contributed by atoms with Gasteiger partial charge < -0.3 is 5.11 Å². The van der Waals surface area contributed by atoms with Crippen molar-refractivity contribution in [3.05, 3.63) is 90.5 Å². The predicted octanol–water partition coefficient (Wildman–Crippen LogP) is 5.46. The molecule has 1 atom stereocenters. The molecule has 0 radical (unpaired) electrons. The van der Waals surface area contributed by atoms with E-state index in [0.29, 0.717) is 0 Å². The Hall–Kier alpha value is -2.31. The number of hydrogen-bond acceptors (Lipinski definition) is 1. The Kier molecular flexibility index (Phi) is 5.07. The average Bonchev–Trinajstić information content (AvgIpc) is 2.63. The zero-order chi connectivity index (χ0) is 18.8. The SMILES string of the molecule is OC(F)(c1ccc([S+](c2ccccc2)c2ccccc2)cc1)C(F)(F)F. The van der Waals surface area contributed by atoms with Crippen molar-refractivity contribution in [1.82, 2.24) is 0 Å². The molecule has 1 N–H and O–H groups in total. The molecule has 0 spiro atoms. The van der Waals surface area contributed by atoms with Gasteiger partial charge in [0.1, 0.15) is 0 Å². The van der Waals surface area contributed by atoms with Crippen LogP contribution >= 0.6 is 0 Å². The van der Waals surface area contributed by atoms with E-state index in [0.717, 1.165) is 26.8 Å². The zero-order valence-corrected chi connectivity index (χ0v) is 14.3. The third-order valence-electron chi connectivity index (χ3n) is 3.81. The number of halogens is 4. The van der Waals surface area contributed by atoms with Crippen molar-refractivity contribution in [3.63, 3.8) is 0 Å². The van der Waals surface area contributed by atoms with Crippen LogP contribution in [0, 0.1) is 0 Å². The second kappa shape index (κ2) is 7.13. The van der Waals surface area contributed by atoms with E-state index in [9.17, 15) is 22.7 Å². The van der Waals surface area contributed by atoms with Crippen LogP contribution in [0.1, 0.15) is 5.56 Å². The number of aliphatic hydroxyl groups is 1. The summed E-state index contributed by atoms with van der Waals surface area (Å²) in [5, 5.41) is 9.20. The fourth-order valence-corrected chi connectivity index (χ4v) is 4.58. The van der Waals surface area contributed by atoms with Crippen molar-refractivity contribution < 1.29 is 22.7 Å². The maximum atomic E-state index is 13.7. The molecule has 1 unspecified atom stereocenters. The molecule has 0 aromatic heterocycles. The minimum absolute atomic E-state index is 0.556. The predicted molar refractivity (Wildman–Crippen MR) is 92.5 cm³/mol. The molecule has 0 saturated heterocycles. The van der Waals surface area contributed by atoms with Gasteiger partial charge in [0.2, 0.25) is 0 Å². The van der Waals surface area contributed by atoms with E-state index in [1.165, 1.54) is 12.1 Å². The Balaban J connectivity index is 2.04.